The molecule has 190 valence electrons. The highest BCUT2D eigenvalue weighted by molar-refractivity contribution is 6.05. The molecule has 2 aromatic carbocycles. The van der Waals surface area contributed by atoms with Crippen LogP contribution in [0.15, 0.2) is 54.7 Å². The van der Waals surface area contributed by atoms with E-state index in [2.05, 4.69) is 15.4 Å². The van der Waals surface area contributed by atoms with Crippen LogP contribution >= 0.6 is 0 Å². The van der Waals surface area contributed by atoms with Crippen LogP contribution in [-0.4, -0.2) is 52.4 Å². The maximum atomic E-state index is 13.1. The number of amides is 4. The van der Waals surface area contributed by atoms with Gasteiger partial charge in [-0.2, -0.15) is 0 Å². The molecule has 36 heavy (non-hydrogen) atoms. The number of likely N-dealkylation sites (tertiary alicyclic amines) is 1. The maximum Gasteiger partial charge on any atom is 0.573 e. The van der Waals surface area contributed by atoms with Gasteiger partial charge in [-0.25, -0.2) is 9.59 Å². The minimum absolute atomic E-state index is 0.0822. The van der Waals surface area contributed by atoms with Gasteiger partial charge in [-0.15, -0.1) is 13.2 Å². The molecule has 10 nitrogen and oxygen atoms in total. The zero-order valence-electron chi connectivity index (χ0n) is 18.8. The average Bonchev–Trinajstić information content (AvgIpc) is 3.38. The molecule has 0 saturated carbocycles. The van der Waals surface area contributed by atoms with Crippen molar-refractivity contribution in [2.24, 2.45) is 11.5 Å². The van der Waals surface area contributed by atoms with Crippen LogP contribution in [-0.2, 0) is 11.3 Å². The molecule has 0 radical (unpaired) electrons. The Morgan fingerprint density at radius 1 is 1.11 bits per heavy atom. The Bertz CT molecular complexity index is 1310. The Kier molecular flexibility index (Phi) is 6.75. The second-order valence-electron chi connectivity index (χ2n) is 8.28. The van der Waals surface area contributed by atoms with Gasteiger partial charge in [-0.1, -0.05) is 30.3 Å². The summed E-state index contributed by atoms with van der Waals surface area (Å²) in [5.74, 6) is -0.923. The third-order valence-corrected chi connectivity index (χ3v) is 5.69. The number of halogens is 3. The number of fused-ring (bicyclic) bond motifs is 1. The van der Waals surface area contributed by atoms with E-state index in [1.54, 1.807) is 24.3 Å². The first kappa shape index (κ1) is 24.9. The number of primary amides is 1. The lowest BCUT2D eigenvalue weighted by Crippen LogP contribution is -2.47. The number of hydrogen-bond donors (Lipinski definition) is 4. The van der Waals surface area contributed by atoms with Crippen LogP contribution in [0, 0.1) is 0 Å². The number of ether oxygens (including phenoxy) is 1. The number of nitrogens with two attached hydrogens (primary N) is 2. The first-order chi connectivity index (χ1) is 17.0. The maximum absolute atomic E-state index is 13.1. The number of carbonyl (C=O) groups is 3. The van der Waals surface area contributed by atoms with Gasteiger partial charge in [-0.05, 0) is 30.2 Å². The molecule has 13 heteroatoms. The predicted molar refractivity (Wildman–Crippen MR) is 124 cm³/mol. The summed E-state index contributed by atoms with van der Waals surface area (Å²) in [5.41, 5.74) is 12.6. The molecule has 2 heterocycles. The molecule has 0 spiro atoms. The van der Waals surface area contributed by atoms with Crippen molar-refractivity contribution in [3.63, 3.8) is 0 Å². The summed E-state index contributed by atoms with van der Waals surface area (Å²) < 4.78 is 42.5. The first-order valence-corrected chi connectivity index (χ1v) is 10.9. The molecule has 1 aliphatic rings. The quantitative estimate of drug-likeness (QED) is 0.422. The lowest BCUT2D eigenvalue weighted by molar-refractivity contribution is -0.274. The smallest absolute Gasteiger partial charge is 0.406 e. The van der Waals surface area contributed by atoms with Gasteiger partial charge in [-0.3, -0.25) is 9.36 Å². The van der Waals surface area contributed by atoms with Crippen LogP contribution in [0.5, 0.6) is 5.75 Å². The molecule has 0 aliphatic carbocycles. The van der Waals surface area contributed by atoms with Crippen molar-refractivity contribution in [1.29, 1.82) is 0 Å². The highest BCUT2D eigenvalue weighted by Gasteiger charge is 2.38. The fourth-order valence-corrected chi connectivity index (χ4v) is 4.15. The molecule has 3 aromatic rings. The number of carbonyl (C=O) groups excluding carboxylic acids is 3. The molecule has 4 amide bonds. The van der Waals surface area contributed by atoms with Crippen molar-refractivity contribution < 1.29 is 32.3 Å². The zero-order chi connectivity index (χ0) is 26.0. The van der Waals surface area contributed by atoms with Crippen LogP contribution in [0.1, 0.15) is 12.0 Å². The Hall–Kier alpha value is -4.26. The van der Waals surface area contributed by atoms with Crippen LogP contribution < -0.4 is 26.8 Å². The van der Waals surface area contributed by atoms with Gasteiger partial charge in [0.1, 0.15) is 11.8 Å². The van der Waals surface area contributed by atoms with Gasteiger partial charge < -0.3 is 31.7 Å². The van der Waals surface area contributed by atoms with Crippen LogP contribution in [0.3, 0.4) is 0 Å². The summed E-state index contributed by atoms with van der Waals surface area (Å²) >= 11 is 0. The van der Waals surface area contributed by atoms with E-state index < -0.39 is 42.2 Å². The van der Waals surface area contributed by atoms with Gasteiger partial charge >= 0.3 is 18.4 Å². The third kappa shape index (κ3) is 5.51. The van der Waals surface area contributed by atoms with Crippen LogP contribution in [0.4, 0.5) is 28.4 Å². The summed E-state index contributed by atoms with van der Waals surface area (Å²) in [4.78, 5) is 39.0. The van der Waals surface area contributed by atoms with Crippen molar-refractivity contribution in [2.75, 3.05) is 11.9 Å². The first-order valence-electron chi connectivity index (χ1n) is 10.9. The Balaban J connectivity index is 1.45. The third-order valence-electron chi connectivity index (χ3n) is 5.69. The standard InChI is InChI=1S/C23H23F3N6O4/c24-23(25,26)36-15-5-3-4-13(8-15)10-29-20(33)19-9-14(27)11-32(19)22(35)30-17-12-31(21(28)34)18-7-2-1-6-16(17)18/h1-8,12,14,19H,9-11,27H2,(H2,28,34)(H,29,33)(H,30,35)/t14-,19-/m0/s1. The summed E-state index contributed by atoms with van der Waals surface area (Å²) in [5, 5.41) is 5.92. The second-order valence-corrected chi connectivity index (χ2v) is 8.28. The van der Waals surface area contributed by atoms with Crippen molar-refractivity contribution in [2.45, 2.75) is 31.4 Å². The predicted octanol–water partition coefficient (Wildman–Crippen LogP) is 2.72. The van der Waals surface area contributed by atoms with E-state index in [4.69, 9.17) is 11.5 Å². The average molecular weight is 504 g/mol. The minimum Gasteiger partial charge on any atom is -0.406 e. The Labute approximate surface area is 203 Å². The van der Waals surface area contributed by atoms with Crippen LogP contribution in [0.2, 0.25) is 0 Å². The van der Waals surface area contributed by atoms with E-state index in [0.29, 0.717) is 22.2 Å². The fourth-order valence-electron chi connectivity index (χ4n) is 4.15. The second kappa shape index (κ2) is 9.77. The highest BCUT2D eigenvalue weighted by atomic mass is 19.4. The van der Waals surface area contributed by atoms with Crippen LogP contribution in [0.25, 0.3) is 10.9 Å². The number of benzene rings is 2. The van der Waals surface area contributed by atoms with E-state index >= 15 is 0 Å². The summed E-state index contributed by atoms with van der Waals surface area (Å²) in [7, 11) is 0. The number of hydrogen-bond acceptors (Lipinski definition) is 5. The van der Waals surface area contributed by atoms with Crippen molar-refractivity contribution in [3.05, 3.63) is 60.3 Å². The molecular formula is C23H23F3N6O4. The van der Waals surface area contributed by atoms with Gasteiger partial charge in [0.25, 0.3) is 0 Å². The van der Waals surface area contributed by atoms with Crippen molar-refractivity contribution in [1.82, 2.24) is 14.8 Å². The number of para-hydroxylation sites is 1. The largest absolute Gasteiger partial charge is 0.573 e. The van der Waals surface area contributed by atoms with Gasteiger partial charge in [0.15, 0.2) is 0 Å². The fraction of sp³-hybridized carbons (Fsp3) is 0.261. The van der Waals surface area contributed by atoms with E-state index in [-0.39, 0.29) is 19.5 Å². The number of anilines is 1. The molecule has 1 saturated heterocycles. The van der Waals surface area contributed by atoms with Gasteiger partial charge in [0.2, 0.25) is 5.91 Å². The van der Waals surface area contributed by atoms with E-state index in [1.165, 1.54) is 27.8 Å². The minimum atomic E-state index is -4.83. The number of nitrogens with zero attached hydrogens (tertiary/aromatic N) is 2. The molecular weight excluding hydrogens is 481 g/mol. The number of aromatic nitrogens is 1. The normalized spacial score (nSPS) is 17.7. The highest BCUT2D eigenvalue weighted by Crippen LogP contribution is 2.27. The topological polar surface area (TPSA) is 145 Å². The number of alkyl halides is 3. The van der Waals surface area contributed by atoms with E-state index in [1.807, 2.05) is 0 Å². The van der Waals surface area contributed by atoms with E-state index in [0.717, 1.165) is 12.1 Å². The van der Waals surface area contributed by atoms with E-state index in [9.17, 15) is 27.6 Å². The molecule has 0 bridgehead atoms. The molecule has 1 fully saturated rings. The van der Waals surface area contributed by atoms with Crippen molar-refractivity contribution in [3.8, 4) is 5.75 Å². The Morgan fingerprint density at radius 2 is 1.86 bits per heavy atom. The summed E-state index contributed by atoms with van der Waals surface area (Å²) in [6.07, 6.45) is -3.25. The molecule has 1 aliphatic heterocycles. The molecule has 2 atom stereocenters. The SMILES string of the molecule is NC(=O)n1cc(NC(=O)N2C[C@@H](N)C[C@H]2C(=O)NCc2cccc(OC(F)(F)F)c2)c2ccccc21. The monoisotopic (exact) mass is 504 g/mol. The number of urea groups is 1. The molecule has 1 aromatic heterocycles. The molecule has 4 rings (SSSR count). The Morgan fingerprint density at radius 3 is 2.58 bits per heavy atom. The summed E-state index contributed by atoms with van der Waals surface area (Å²) in [6, 6.07) is 9.36. The molecule has 6 N–H and O–H groups in total. The summed E-state index contributed by atoms with van der Waals surface area (Å²) in [6.45, 7) is 0.0223. The van der Waals surface area contributed by atoms with Gasteiger partial charge in [0.05, 0.1) is 11.2 Å². The number of nitrogens with one attached hydrogen (secondary N) is 2. The zero-order valence-corrected chi connectivity index (χ0v) is 18.8. The molecule has 0 unspecified atom stereocenters. The van der Waals surface area contributed by atoms with Gasteiger partial charge in [0, 0.05) is 30.7 Å². The number of rotatable bonds is 5. The lowest BCUT2D eigenvalue weighted by Gasteiger charge is -2.24. The lowest BCUT2D eigenvalue weighted by atomic mass is 10.1. The van der Waals surface area contributed by atoms with Crippen molar-refractivity contribution >= 4 is 34.6 Å².